The second-order valence-electron chi connectivity index (χ2n) is 5.40. The van der Waals surface area contributed by atoms with Crippen molar-refractivity contribution in [2.24, 2.45) is 0 Å². The summed E-state index contributed by atoms with van der Waals surface area (Å²) in [6, 6.07) is 11.8. The Morgan fingerprint density at radius 2 is 1.43 bits per heavy atom. The SMILES string of the molecule is O=C(Nc1ccc(F)cc1)C1(c2ccc(F)cc2)CCC1. The monoisotopic (exact) mass is 287 g/mol. The fourth-order valence-corrected chi connectivity index (χ4v) is 2.73. The largest absolute Gasteiger partial charge is 0.325 e. The lowest BCUT2D eigenvalue weighted by Gasteiger charge is -2.40. The molecular formula is C17H15F2NO. The van der Waals surface area contributed by atoms with Crippen molar-refractivity contribution in [3.63, 3.8) is 0 Å². The molecule has 1 N–H and O–H groups in total. The Kier molecular flexibility index (Phi) is 3.45. The minimum Gasteiger partial charge on any atom is -0.325 e. The zero-order valence-electron chi connectivity index (χ0n) is 11.4. The fourth-order valence-electron chi connectivity index (χ4n) is 2.73. The number of benzene rings is 2. The van der Waals surface area contributed by atoms with E-state index in [4.69, 9.17) is 0 Å². The van der Waals surface area contributed by atoms with Crippen molar-refractivity contribution in [1.82, 2.24) is 0 Å². The fraction of sp³-hybridized carbons (Fsp3) is 0.235. The van der Waals surface area contributed by atoms with E-state index in [0.717, 1.165) is 24.8 Å². The Hall–Kier alpha value is -2.23. The first-order valence-corrected chi connectivity index (χ1v) is 6.93. The molecule has 1 amide bonds. The highest BCUT2D eigenvalue weighted by Crippen LogP contribution is 2.44. The van der Waals surface area contributed by atoms with E-state index < -0.39 is 5.41 Å². The number of nitrogens with one attached hydrogen (secondary N) is 1. The van der Waals surface area contributed by atoms with Gasteiger partial charge < -0.3 is 5.32 Å². The van der Waals surface area contributed by atoms with Crippen molar-refractivity contribution in [3.05, 3.63) is 65.7 Å². The second kappa shape index (κ2) is 5.28. The van der Waals surface area contributed by atoms with Crippen molar-refractivity contribution in [2.45, 2.75) is 24.7 Å². The lowest BCUT2D eigenvalue weighted by atomic mass is 9.64. The maximum atomic E-state index is 13.0. The molecule has 0 bridgehead atoms. The number of amides is 1. The molecule has 0 spiro atoms. The molecule has 0 radical (unpaired) electrons. The Bertz CT molecular complexity index is 645. The molecule has 0 saturated heterocycles. The average molecular weight is 287 g/mol. The van der Waals surface area contributed by atoms with Crippen molar-refractivity contribution in [3.8, 4) is 0 Å². The molecule has 1 fully saturated rings. The van der Waals surface area contributed by atoms with Crippen LogP contribution < -0.4 is 5.32 Å². The molecule has 1 saturated carbocycles. The molecule has 4 heteroatoms. The van der Waals surface area contributed by atoms with Crippen LogP contribution in [0, 0.1) is 11.6 Å². The third-order valence-electron chi connectivity index (χ3n) is 4.14. The lowest BCUT2D eigenvalue weighted by molar-refractivity contribution is -0.124. The van der Waals surface area contributed by atoms with Gasteiger partial charge in [-0.05, 0) is 54.8 Å². The molecule has 108 valence electrons. The molecule has 1 aliphatic rings. The first-order chi connectivity index (χ1) is 10.1. The van der Waals surface area contributed by atoms with E-state index in [1.807, 2.05) is 0 Å². The maximum Gasteiger partial charge on any atom is 0.235 e. The summed E-state index contributed by atoms with van der Waals surface area (Å²) in [4.78, 5) is 12.6. The summed E-state index contributed by atoms with van der Waals surface area (Å²) >= 11 is 0. The minimum atomic E-state index is -0.595. The highest BCUT2D eigenvalue weighted by Gasteiger charge is 2.45. The normalized spacial score (nSPS) is 16.1. The first-order valence-electron chi connectivity index (χ1n) is 6.93. The van der Waals surface area contributed by atoms with Crippen molar-refractivity contribution >= 4 is 11.6 Å². The molecule has 2 nitrogen and oxygen atoms in total. The molecule has 0 atom stereocenters. The van der Waals surface area contributed by atoms with Crippen LogP contribution in [0.2, 0.25) is 0 Å². The van der Waals surface area contributed by atoms with Crippen LogP contribution in [-0.4, -0.2) is 5.91 Å². The minimum absolute atomic E-state index is 0.119. The van der Waals surface area contributed by atoms with Gasteiger partial charge in [0.2, 0.25) is 5.91 Å². The van der Waals surface area contributed by atoms with Gasteiger partial charge >= 0.3 is 0 Å². The average Bonchev–Trinajstić information content (AvgIpc) is 2.42. The molecule has 2 aromatic carbocycles. The van der Waals surface area contributed by atoms with Crippen molar-refractivity contribution < 1.29 is 13.6 Å². The third kappa shape index (κ3) is 2.53. The summed E-state index contributed by atoms with van der Waals surface area (Å²) in [6.07, 6.45) is 2.45. The van der Waals surface area contributed by atoms with Crippen LogP contribution in [0.3, 0.4) is 0 Å². The van der Waals surface area contributed by atoms with Crippen LogP contribution in [0.15, 0.2) is 48.5 Å². The van der Waals surface area contributed by atoms with E-state index in [1.54, 1.807) is 12.1 Å². The van der Waals surface area contributed by atoms with E-state index in [9.17, 15) is 13.6 Å². The summed E-state index contributed by atoms with van der Waals surface area (Å²) in [5, 5.41) is 2.83. The molecular weight excluding hydrogens is 272 g/mol. The molecule has 0 unspecified atom stereocenters. The summed E-state index contributed by atoms with van der Waals surface area (Å²) in [6.45, 7) is 0. The van der Waals surface area contributed by atoms with Crippen LogP contribution in [-0.2, 0) is 10.2 Å². The number of carbonyl (C=O) groups excluding carboxylic acids is 1. The highest BCUT2D eigenvalue weighted by atomic mass is 19.1. The van der Waals surface area contributed by atoms with Gasteiger partial charge in [0.25, 0.3) is 0 Å². The smallest absolute Gasteiger partial charge is 0.235 e. The van der Waals surface area contributed by atoms with Gasteiger partial charge in [-0.15, -0.1) is 0 Å². The number of hydrogen-bond acceptors (Lipinski definition) is 1. The van der Waals surface area contributed by atoms with Crippen LogP contribution in [0.5, 0.6) is 0 Å². The van der Waals surface area contributed by atoms with Crippen LogP contribution >= 0.6 is 0 Å². The van der Waals surface area contributed by atoms with Gasteiger partial charge in [0.15, 0.2) is 0 Å². The van der Waals surface area contributed by atoms with Gasteiger partial charge in [-0.2, -0.15) is 0 Å². The Labute approximate surface area is 121 Å². The van der Waals surface area contributed by atoms with Gasteiger partial charge in [-0.1, -0.05) is 18.6 Å². The van der Waals surface area contributed by atoms with Gasteiger partial charge in [0.05, 0.1) is 5.41 Å². The third-order valence-corrected chi connectivity index (χ3v) is 4.14. The Morgan fingerprint density at radius 3 is 1.90 bits per heavy atom. The van der Waals surface area contributed by atoms with Gasteiger partial charge in [-0.25, -0.2) is 8.78 Å². The summed E-state index contributed by atoms with van der Waals surface area (Å²) in [5.74, 6) is -0.774. The topological polar surface area (TPSA) is 29.1 Å². The summed E-state index contributed by atoms with van der Waals surface area (Å²) in [5.41, 5.74) is 0.798. The van der Waals surface area contributed by atoms with Crippen molar-refractivity contribution in [2.75, 3.05) is 5.32 Å². The quantitative estimate of drug-likeness (QED) is 0.907. The number of halogens is 2. The van der Waals surface area contributed by atoms with E-state index in [2.05, 4.69) is 5.32 Å². The van der Waals surface area contributed by atoms with Crippen LogP contribution in [0.1, 0.15) is 24.8 Å². The Balaban J connectivity index is 1.83. The number of rotatable bonds is 3. The van der Waals surface area contributed by atoms with Gasteiger partial charge in [-0.3, -0.25) is 4.79 Å². The standard InChI is InChI=1S/C17H15F2NO/c18-13-4-2-12(3-5-13)17(10-1-11-17)16(21)20-15-8-6-14(19)7-9-15/h2-9H,1,10-11H2,(H,20,21). The van der Waals surface area contributed by atoms with Gasteiger partial charge in [0, 0.05) is 5.69 Å². The predicted molar refractivity (Wildman–Crippen MR) is 77.0 cm³/mol. The molecule has 0 heterocycles. The predicted octanol–water partition coefficient (Wildman–Crippen LogP) is 4.03. The summed E-state index contributed by atoms with van der Waals surface area (Å²) < 4.78 is 25.9. The molecule has 3 rings (SSSR count). The van der Waals surface area contributed by atoms with E-state index in [0.29, 0.717) is 5.69 Å². The lowest BCUT2D eigenvalue weighted by Crippen LogP contribution is -2.46. The number of hydrogen-bond donors (Lipinski definition) is 1. The number of carbonyl (C=O) groups is 1. The summed E-state index contributed by atoms with van der Waals surface area (Å²) in [7, 11) is 0. The van der Waals surface area contributed by atoms with E-state index in [1.165, 1.54) is 36.4 Å². The zero-order chi connectivity index (χ0) is 14.9. The van der Waals surface area contributed by atoms with Crippen molar-refractivity contribution in [1.29, 1.82) is 0 Å². The maximum absolute atomic E-state index is 13.0. The zero-order valence-corrected chi connectivity index (χ0v) is 11.4. The molecule has 0 aromatic heterocycles. The second-order valence-corrected chi connectivity index (χ2v) is 5.40. The molecule has 2 aromatic rings. The Morgan fingerprint density at radius 1 is 0.905 bits per heavy atom. The molecule has 21 heavy (non-hydrogen) atoms. The highest BCUT2D eigenvalue weighted by molar-refractivity contribution is 5.99. The first kappa shape index (κ1) is 13.7. The van der Waals surface area contributed by atoms with Crippen LogP contribution in [0.25, 0.3) is 0 Å². The van der Waals surface area contributed by atoms with Gasteiger partial charge in [0.1, 0.15) is 11.6 Å². The molecule has 0 aliphatic heterocycles. The van der Waals surface area contributed by atoms with Crippen LogP contribution in [0.4, 0.5) is 14.5 Å². The number of anilines is 1. The van der Waals surface area contributed by atoms with E-state index in [-0.39, 0.29) is 17.5 Å². The molecule has 1 aliphatic carbocycles. The van der Waals surface area contributed by atoms with E-state index >= 15 is 0 Å².